The molecule has 0 aromatic carbocycles. The fourth-order valence-electron chi connectivity index (χ4n) is 2.07. The molecule has 1 saturated carbocycles. The molecule has 0 saturated heterocycles. The summed E-state index contributed by atoms with van der Waals surface area (Å²) in [6.07, 6.45) is 2.16. The topological polar surface area (TPSA) is 64.1 Å². The Morgan fingerprint density at radius 2 is 2.32 bits per heavy atom. The van der Waals surface area contributed by atoms with E-state index in [0.29, 0.717) is 18.3 Å². The highest BCUT2D eigenvalue weighted by molar-refractivity contribution is 8.01. The van der Waals surface area contributed by atoms with Crippen LogP contribution in [0.15, 0.2) is 4.34 Å². The Bertz CT molecular complexity index is 448. The van der Waals surface area contributed by atoms with Crippen LogP contribution in [0.2, 0.25) is 0 Å². The molecule has 5 nitrogen and oxygen atoms in total. The van der Waals surface area contributed by atoms with Crippen molar-refractivity contribution in [3.05, 3.63) is 5.01 Å². The molecule has 0 radical (unpaired) electrons. The molecule has 1 heterocycles. The van der Waals surface area contributed by atoms with Crippen LogP contribution in [0.3, 0.4) is 0 Å². The van der Waals surface area contributed by atoms with Crippen molar-refractivity contribution in [1.29, 1.82) is 0 Å². The minimum atomic E-state index is -0.583. The average molecular weight is 301 g/mol. The van der Waals surface area contributed by atoms with E-state index in [9.17, 15) is 4.79 Å². The lowest BCUT2D eigenvalue weighted by Crippen LogP contribution is -2.55. The predicted molar refractivity (Wildman–Crippen MR) is 76.5 cm³/mol. The van der Waals surface area contributed by atoms with Gasteiger partial charge in [-0.15, -0.1) is 10.2 Å². The van der Waals surface area contributed by atoms with Crippen LogP contribution < -0.4 is 5.32 Å². The minimum absolute atomic E-state index is 0.145. The second-order valence-electron chi connectivity index (χ2n) is 4.59. The molecule has 106 valence electrons. The second-order valence-corrected chi connectivity index (χ2v) is 7.00. The number of aromatic nitrogens is 2. The molecule has 1 aliphatic rings. The fourth-order valence-corrected chi connectivity index (χ4v) is 4.21. The summed E-state index contributed by atoms with van der Waals surface area (Å²) in [7, 11) is 1.83. The van der Waals surface area contributed by atoms with Crippen molar-refractivity contribution in [3.8, 4) is 0 Å². The summed E-state index contributed by atoms with van der Waals surface area (Å²) in [4.78, 5) is 12.3. The Kier molecular flexibility index (Phi) is 4.81. The van der Waals surface area contributed by atoms with E-state index in [2.05, 4.69) is 15.5 Å². The zero-order valence-corrected chi connectivity index (χ0v) is 13.1. The molecule has 0 bridgehead atoms. The van der Waals surface area contributed by atoms with Gasteiger partial charge in [0.25, 0.3) is 0 Å². The Hall–Kier alpha value is -0.660. The van der Waals surface area contributed by atoms with Gasteiger partial charge in [0.05, 0.1) is 6.61 Å². The van der Waals surface area contributed by atoms with Crippen LogP contribution in [-0.2, 0) is 9.53 Å². The van der Waals surface area contributed by atoms with Crippen molar-refractivity contribution in [2.24, 2.45) is 5.92 Å². The molecular weight excluding hydrogens is 282 g/mol. The SMILES string of the molecule is CCOC(=O)C(CSc1nnc(C)s1)(NC)C1CC1. The molecule has 0 amide bonds. The largest absolute Gasteiger partial charge is 0.465 e. The summed E-state index contributed by atoms with van der Waals surface area (Å²) >= 11 is 3.13. The van der Waals surface area contributed by atoms with Crippen molar-refractivity contribution >= 4 is 29.1 Å². The van der Waals surface area contributed by atoms with Gasteiger partial charge >= 0.3 is 5.97 Å². The summed E-state index contributed by atoms with van der Waals surface area (Å²) in [5.41, 5.74) is -0.583. The molecule has 1 unspecified atom stereocenters. The van der Waals surface area contributed by atoms with Crippen molar-refractivity contribution < 1.29 is 9.53 Å². The smallest absolute Gasteiger partial charge is 0.327 e. The number of esters is 1. The number of likely N-dealkylation sites (N-methyl/N-ethyl adjacent to an activating group) is 1. The molecule has 1 aromatic heterocycles. The van der Waals surface area contributed by atoms with Crippen LogP contribution in [0.25, 0.3) is 0 Å². The normalized spacial score (nSPS) is 18.1. The molecule has 1 aromatic rings. The summed E-state index contributed by atoms with van der Waals surface area (Å²) < 4.78 is 6.15. The lowest BCUT2D eigenvalue weighted by atomic mass is 9.96. The number of aryl methyl sites for hydroxylation is 1. The number of ether oxygens (including phenoxy) is 1. The van der Waals surface area contributed by atoms with Gasteiger partial charge in [-0.25, -0.2) is 0 Å². The number of carbonyl (C=O) groups is 1. The van der Waals surface area contributed by atoms with Gasteiger partial charge in [-0.3, -0.25) is 4.79 Å². The number of nitrogens with one attached hydrogen (secondary N) is 1. The molecule has 7 heteroatoms. The van der Waals surface area contributed by atoms with E-state index in [0.717, 1.165) is 22.2 Å². The van der Waals surface area contributed by atoms with Crippen LogP contribution in [0, 0.1) is 12.8 Å². The highest BCUT2D eigenvalue weighted by atomic mass is 32.2. The van der Waals surface area contributed by atoms with Crippen LogP contribution in [0.1, 0.15) is 24.8 Å². The van der Waals surface area contributed by atoms with Gasteiger partial charge in [0.2, 0.25) is 0 Å². The van der Waals surface area contributed by atoms with E-state index in [1.807, 2.05) is 20.9 Å². The van der Waals surface area contributed by atoms with Gasteiger partial charge < -0.3 is 10.1 Å². The molecule has 1 N–H and O–H groups in total. The van der Waals surface area contributed by atoms with Gasteiger partial charge in [-0.2, -0.15) is 0 Å². The third-order valence-corrected chi connectivity index (χ3v) is 5.46. The minimum Gasteiger partial charge on any atom is -0.465 e. The first-order valence-electron chi connectivity index (χ1n) is 6.41. The van der Waals surface area contributed by atoms with Gasteiger partial charge in [0.15, 0.2) is 4.34 Å². The van der Waals surface area contributed by atoms with E-state index < -0.39 is 5.54 Å². The average Bonchev–Trinajstić information content (AvgIpc) is 3.15. The zero-order valence-electron chi connectivity index (χ0n) is 11.4. The number of carbonyl (C=O) groups excluding carboxylic acids is 1. The number of rotatable bonds is 7. The molecule has 19 heavy (non-hydrogen) atoms. The van der Waals surface area contributed by atoms with Crippen LogP contribution in [0.4, 0.5) is 0 Å². The summed E-state index contributed by atoms with van der Waals surface area (Å²) in [5.74, 6) is 0.869. The van der Waals surface area contributed by atoms with Crippen molar-refractivity contribution in [2.45, 2.75) is 36.6 Å². The Morgan fingerprint density at radius 3 is 2.79 bits per heavy atom. The summed E-state index contributed by atoms with van der Waals surface area (Å²) in [6, 6.07) is 0. The molecular formula is C12H19N3O2S2. The monoisotopic (exact) mass is 301 g/mol. The van der Waals surface area contributed by atoms with E-state index in [4.69, 9.17) is 4.74 Å². The third-order valence-electron chi connectivity index (χ3n) is 3.29. The molecule has 1 atom stereocenters. The molecule has 0 aliphatic heterocycles. The second kappa shape index (κ2) is 6.19. The van der Waals surface area contributed by atoms with Crippen LogP contribution >= 0.6 is 23.1 Å². The maximum Gasteiger partial charge on any atom is 0.327 e. The maximum atomic E-state index is 12.3. The number of hydrogen-bond acceptors (Lipinski definition) is 7. The highest BCUT2D eigenvalue weighted by Crippen LogP contribution is 2.43. The molecule has 1 aliphatic carbocycles. The Labute approximate surface area is 121 Å². The van der Waals surface area contributed by atoms with E-state index in [-0.39, 0.29) is 5.97 Å². The zero-order chi connectivity index (χ0) is 13.9. The van der Waals surface area contributed by atoms with Gasteiger partial charge in [-0.1, -0.05) is 23.1 Å². The van der Waals surface area contributed by atoms with Crippen LogP contribution in [-0.4, -0.2) is 41.1 Å². The summed E-state index contributed by atoms with van der Waals surface area (Å²) in [6.45, 7) is 4.18. The van der Waals surface area contributed by atoms with Crippen molar-refractivity contribution in [2.75, 3.05) is 19.4 Å². The maximum absolute atomic E-state index is 12.3. The number of nitrogens with zero attached hydrogens (tertiary/aromatic N) is 2. The Morgan fingerprint density at radius 1 is 1.58 bits per heavy atom. The van der Waals surface area contributed by atoms with Crippen LogP contribution in [0.5, 0.6) is 0 Å². The van der Waals surface area contributed by atoms with Crippen molar-refractivity contribution in [1.82, 2.24) is 15.5 Å². The third kappa shape index (κ3) is 3.27. The lowest BCUT2D eigenvalue weighted by Gasteiger charge is -2.30. The molecule has 0 spiro atoms. The summed E-state index contributed by atoms with van der Waals surface area (Å²) in [5, 5.41) is 12.2. The van der Waals surface area contributed by atoms with Crippen molar-refractivity contribution in [3.63, 3.8) is 0 Å². The first-order chi connectivity index (χ1) is 9.12. The molecule has 2 rings (SSSR count). The fraction of sp³-hybridized carbons (Fsp3) is 0.750. The van der Waals surface area contributed by atoms with E-state index in [1.54, 1.807) is 23.1 Å². The quantitative estimate of drug-likeness (QED) is 0.613. The first kappa shape index (κ1) is 14.7. The van der Waals surface area contributed by atoms with E-state index in [1.165, 1.54) is 0 Å². The number of thioether (sulfide) groups is 1. The Balaban J connectivity index is 2.07. The first-order valence-corrected chi connectivity index (χ1v) is 8.21. The highest BCUT2D eigenvalue weighted by Gasteiger charge is 2.51. The van der Waals surface area contributed by atoms with E-state index >= 15 is 0 Å². The molecule has 1 fully saturated rings. The predicted octanol–water partition coefficient (Wildman–Crippen LogP) is 1.87. The van der Waals surface area contributed by atoms with Gasteiger partial charge in [0.1, 0.15) is 10.5 Å². The lowest BCUT2D eigenvalue weighted by molar-refractivity contribution is -0.150. The number of hydrogen-bond donors (Lipinski definition) is 1. The van der Waals surface area contributed by atoms with Gasteiger partial charge in [-0.05, 0) is 39.7 Å². The van der Waals surface area contributed by atoms with Gasteiger partial charge in [0, 0.05) is 5.75 Å². The standard InChI is InChI=1S/C12H19N3O2S2/c1-4-17-10(16)12(13-3,9-5-6-9)7-18-11-15-14-8(2)19-11/h9,13H,4-7H2,1-3H3.